The maximum Gasteiger partial charge on any atom is 0.328 e. The van der Waals surface area contributed by atoms with Gasteiger partial charge in [0.1, 0.15) is 0 Å². The quantitative estimate of drug-likeness (QED) is 0.818. The lowest BCUT2D eigenvalue weighted by atomic mass is 10.1. The molecule has 1 N–H and O–H groups in total. The number of aryl methyl sites for hydroxylation is 2. The molecule has 0 radical (unpaired) electrons. The number of aromatic nitrogens is 2. The van der Waals surface area contributed by atoms with Crippen molar-refractivity contribution in [2.75, 3.05) is 0 Å². The van der Waals surface area contributed by atoms with Gasteiger partial charge in [-0.15, -0.1) is 0 Å². The molecular weight excluding hydrogens is 228 g/mol. The number of hydrogen-bond acceptors (Lipinski definition) is 2. The molecule has 4 nitrogen and oxygen atoms in total. The predicted molar refractivity (Wildman–Crippen MR) is 69.0 cm³/mol. The molecule has 2 aromatic rings. The van der Waals surface area contributed by atoms with Gasteiger partial charge >= 0.3 is 5.97 Å². The Labute approximate surface area is 105 Å². The van der Waals surface area contributed by atoms with Gasteiger partial charge in [0.25, 0.3) is 0 Å². The molecule has 0 aliphatic rings. The number of carboxylic acid groups (broad SMARTS) is 1. The Balaban J connectivity index is 1.93. The fourth-order valence-corrected chi connectivity index (χ4v) is 1.64. The first-order valence-electron chi connectivity index (χ1n) is 5.71. The lowest BCUT2D eigenvalue weighted by molar-refractivity contribution is -0.131. The van der Waals surface area contributed by atoms with Crippen LogP contribution in [0.4, 0.5) is 0 Å². The molecule has 92 valence electrons. The fraction of sp³-hybridized carbons (Fsp3) is 0.143. The molecule has 0 atom stereocenters. The standard InChI is InChI=1S/C14H14N2O2/c17-14(18)7-6-13-10-15-16(11-13)9-8-12-4-2-1-3-5-12/h1-7,10-11H,8-9H2,(H,17,18)/b7-6+. The number of benzene rings is 1. The molecular formula is C14H14N2O2. The minimum Gasteiger partial charge on any atom is -0.478 e. The van der Waals surface area contributed by atoms with Crippen LogP contribution in [-0.2, 0) is 17.8 Å². The summed E-state index contributed by atoms with van der Waals surface area (Å²) in [5.41, 5.74) is 2.06. The van der Waals surface area contributed by atoms with Crippen molar-refractivity contribution in [1.29, 1.82) is 0 Å². The number of rotatable bonds is 5. The molecule has 0 amide bonds. The van der Waals surface area contributed by atoms with E-state index in [1.165, 1.54) is 11.6 Å². The van der Waals surface area contributed by atoms with Crippen molar-refractivity contribution in [2.24, 2.45) is 0 Å². The van der Waals surface area contributed by atoms with Gasteiger partial charge < -0.3 is 5.11 Å². The van der Waals surface area contributed by atoms with E-state index < -0.39 is 5.97 Å². The van der Waals surface area contributed by atoms with E-state index in [-0.39, 0.29) is 0 Å². The molecule has 0 aliphatic heterocycles. The summed E-state index contributed by atoms with van der Waals surface area (Å²) >= 11 is 0. The van der Waals surface area contributed by atoms with E-state index in [4.69, 9.17) is 5.11 Å². The molecule has 0 saturated carbocycles. The largest absolute Gasteiger partial charge is 0.478 e. The van der Waals surface area contributed by atoms with Crippen LogP contribution in [0.2, 0.25) is 0 Å². The first-order valence-corrected chi connectivity index (χ1v) is 5.71. The lowest BCUT2D eigenvalue weighted by Crippen LogP contribution is -2.01. The van der Waals surface area contributed by atoms with E-state index in [1.807, 2.05) is 29.1 Å². The maximum absolute atomic E-state index is 10.4. The molecule has 2 rings (SSSR count). The zero-order valence-corrected chi connectivity index (χ0v) is 9.86. The molecule has 0 bridgehead atoms. The Kier molecular flexibility index (Phi) is 3.91. The second-order valence-electron chi connectivity index (χ2n) is 3.94. The average molecular weight is 242 g/mol. The average Bonchev–Trinajstić information content (AvgIpc) is 2.83. The van der Waals surface area contributed by atoms with Crippen LogP contribution in [0.3, 0.4) is 0 Å². The molecule has 18 heavy (non-hydrogen) atoms. The summed E-state index contributed by atoms with van der Waals surface area (Å²) in [6.07, 6.45) is 7.05. The van der Waals surface area contributed by atoms with E-state index in [0.29, 0.717) is 0 Å². The summed E-state index contributed by atoms with van der Waals surface area (Å²) in [5.74, 6) is -0.952. The SMILES string of the molecule is O=C(O)/C=C/c1cnn(CCc2ccccc2)c1. The van der Waals surface area contributed by atoms with Crippen LogP contribution in [0.1, 0.15) is 11.1 Å². The number of nitrogens with zero attached hydrogens (tertiary/aromatic N) is 2. The van der Waals surface area contributed by atoms with Crippen LogP contribution < -0.4 is 0 Å². The van der Waals surface area contributed by atoms with Gasteiger partial charge in [0.2, 0.25) is 0 Å². The van der Waals surface area contributed by atoms with Crippen molar-refractivity contribution >= 4 is 12.0 Å². The Hall–Kier alpha value is -2.36. The monoisotopic (exact) mass is 242 g/mol. The van der Waals surface area contributed by atoms with E-state index >= 15 is 0 Å². The van der Waals surface area contributed by atoms with E-state index in [9.17, 15) is 4.79 Å². The highest BCUT2D eigenvalue weighted by atomic mass is 16.4. The maximum atomic E-state index is 10.4. The third kappa shape index (κ3) is 3.59. The molecule has 0 saturated heterocycles. The van der Waals surface area contributed by atoms with Crippen molar-refractivity contribution in [2.45, 2.75) is 13.0 Å². The van der Waals surface area contributed by atoms with Gasteiger partial charge in [-0.3, -0.25) is 4.68 Å². The topological polar surface area (TPSA) is 55.1 Å². The highest BCUT2D eigenvalue weighted by molar-refractivity contribution is 5.85. The summed E-state index contributed by atoms with van der Waals surface area (Å²) in [6.45, 7) is 0.783. The van der Waals surface area contributed by atoms with Crippen LogP contribution in [0.15, 0.2) is 48.8 Å². The van der Waals surface area contributed by atoms with Gasteiger partial charge in [-0.2, -0.15) is 5.10 Å². The van der Waals surface area contributed by atoms with Crippen LogP contribution in [-0.4, -0.2) is 20.9 Å². The zero-order chi connectivity index (χ0) is 12.8. The van der Waals surface area contributed by atoms with Crippen LogP contribution in [0, 0.1) is 0 Å². The number of hydrogen-bond donors (Lipinski definition) is 1. The molecule has 1 aromatic heterocycles. The minimum absolute atomic E-state index is 0.783. The fourth-order valence-electron chi connectivity index (χ4n) is 1.64. The van der Waals surface area contributed by atoms with Gasteiger partial charge in [0, 0.05) is 24.4 Å². The minimum atomic E-state index is -0.952. The van der Waals surface area contributed by atoms with Gasteiger partial charge in [0.05, 0.1) is 6.20 Å². The molecule has 1 aromatic carbocycles. The van der Waals surface area contributed by atoms with Crippen molar-refractivity contribution in [1.82, 2.24) is 9.78 Å². The van der Waals surface area contributed by atoms with Crippen molar-refractivity contribution in [3.8, 4) is 0 Å². The number of carboxylic acids is 1. The van der Waals surface area contributed by atoms with Gasteiger partial charge in [-0.05, 0) is 18.1 Å². The van der Waals surface area contributed by atoms with Crippen LogP contribution in [0.25, 0.3) is 6.08 Å². The molecule has 0 aliphatic carbocycles. The summed E-state index contributed by atoms with van der Waals surface area (Å²) in [4.78, 5) is 10.4. The summed E-state index contributed by atoms with van der Waals surface area (Å²) in [5, 5.41) is 12.7. The molecule has 0 unspecified atom stereocenters. The molecule has 4 heteroatoms. The smallest absolute Gasteiger partial charge is 0.328 e. The summed E-state index contributed by atoms with van der Waals surface area (Å²) < 4.78 is 1.81. The van der Waals surface area contributed by atoms with E-state index in [0.717, 1.165) is 24.6 Å². The molecule has 1 heterocycles. The summed E-state index contributed by atoms with van der Waals surface area (Å²) in [7, 11) is 0. The van der Waals surface area contributed by atoms with Gasteiger partial charge in [-0.25, -0.2) is 4.79 Å². The number of aliphatic carboxylic acids is 1. The Morgan fingerprint density at radius 1 is 1.33 bits per heavy atom. The van der Waals surface area contributed by atoms with E-state index in [2.05, 4.69) is 17.2 Å². The highest BCUT2D eigenvalue weighted by Gasteiger charge is 1.97. The second-order valence-corrected chi connectivity index (χ2v) is 3.94. The molecule has 0 spiro atoms. The summed E-state index contributed by atoms with van der Waals surface area (Å²) in [6, 6.07) is 10.2. The molecule has 0 fully saturated rings. The Bertz CT molecular complexity index is 544. The van der Waals surface area contributed by atoms with E-state index in [1.54, 1.807) is 6.20 Å². The zero-order valence-electron chi connectivity index (χ0n) is 9.86. The third-order valence-corrected chi connectivity index (χ3v) is 2.54. The van der Waals surface area contributed by atoms with Crippen molar-refractivity contribution in [3.05, 3.63) is 59.9 Å². The van der Waals surface area contributed by atoms with Crippen molar-refractivity contribution < 1.29 is 9.90 Å². The van der Waals surface area contributed by atoms with Crippen molar-refractivity contribution in [3.63, 3.8) is 0 Å². The third-order valence-electron chi connectivity index (χ3n) is 2.54. The lowest BCUT2D eigenvalue weighted by Gasteiger charge is -2.01. The van der Waals surface area contributed by atoms with Crippen LogP contribution >= 0.6 is 0 Å². The first-order chi connectivity index (χ1) is 8.74. The predicted octanol–water partition coefficient (Wildman–Crippen LogP) is 2.22. The highest BCUT2D eigenvalue weighted by Crippen LogP contribution is 2.04. The number of carbonyl (C=O) groups is 1. The first kappa shape index (κ1) is 12.1. The second kappa shape index (κ2) is 5.82. The van der Waals surface area contributed by atoms with Gasteiger partial charge in [-0.1, -0.05) is 30.3 Å². The van der Waals surface area contributed by atoms with Gasteiger partial charge in [0.15, 0.2) is 0 Å². The van der Waals surface area contributed by atoms with Crippen LogP contribution in [0.5, 0.6) is 0 Å². The Morgan fingerprint density at radius 2 is 2.11 bits per heavy atom. The normalized spacial score (nSPS) is 10.9. The Morgan fingerprint density at radius 3 is 2.83 bits per heavy atom.